The molecule has 0 aromatic carbocycles. The Balaban J connectivity index is 2.40. The van der Waals surface area contributed by atoms with Crippen LogP contribution in [0.3, 0.4) is 0 Å². The molecule has 0 heterocycles. The second-order valence-corrected chi connectivity index (χ2v) is 6.47. The van der Waals surface area contributed by atoms with E-state index in [-0.39, 0.29) is 49.8 Å². The molecule has 21 heavy (non-hydrogen) atoms. The van der Waals surface area contributed by atoms with Gasteiger partial charge in [-0.05, 0) is 31.1 Å². The fourth-order valence-electron chi connectivity index (χ4n) is 2.84. The minimum Gasteiger partial charge on any atom is -0.481 e. The second kappa shape index (κ2) is 7.71. The van der Waals surface area contributed by atoms with Gasteiger partial charge in [-0.2, -0.15) is 0 Å². The van der Waals surface area contributed by atoms with Gasteiger partial charge in [0.15, 0.2) is 0 Å². The quantitative estimate of drug-likeness (QED) is 0.759. The zero-order valence-corrected chi connectivity index (χ0v) is 12.7. The van der Waals surface area contributed by atoms with Gasteiger partial charge < -0.3 is 10.4 Å². The van der Waals surface area contributed by atoms with E-state index in [0.29, 0.717) is 12.5 Å². The van der Waals surface area contributed by atoms with Crippen molar-refractivity contribution in [1.82, 2.24) is 5.32 Å². The van der Waals surface area contributed by atoms with E-state index in [0.717, 1.165) is 6.42 Å². The van der Waals surface area contributed by atoms with Gasteiger partial charge in [0.2, 0.25) is 11.8 Å². The molecular formula is C15H25F2NO3. The summed E-state index contributed by atoms with van der Waals surface area (Å²) in [5, 5.41) is 11.6. The fourth-order valence-corrected chi connectivity index (χ4v) is 2.84. The largest absolute Gasteiger partial charge is 0.481 e. The van der Waals surface area contributed by atoms with Crippen LogP contribution in [0.15, 0.2) is 0 Å². The van der Waals surface area contributed by atoms with Crippen LogP contribution in [-0.2, 0) is 9.59 Å². The number of hydrogen-bond acceptors (Lipinski definition) is 2. The van der Waals surface area contributed by atoms with Gasteiger partial charge in [0.1, 0.15) is 0 Å². The summed E-state index contributed by atoms with van der Waals surface area (Å²) in [6.45, 7) is 4.30. The van der Waals surface area contributed by atoms with Crippen molar-refractivity contribution in [3.63, 3.8) is 0 Å². The molecule has 1 fully saturated rings. The van der Waals surface area contributed by atoms with Crippen molar-refractivity contribution in [3.05, 3.63) is 0 Å². The number of carboxylic acids is 1. The van der Waals surface area contributed by atoms with Gasteiger partial charge in [0, 0.05) is 31.7 Å². The topological polar surface area (TPSA) is 66.4 Å². The monoisotopic (exact) mass is 305 g/mol. The normalized spacial score (nSPS) is 20.2. The highest BCUT2D eigenvalue weighted by Crippen LogP contribution is 2.36. The van der Waals surface area contributed by atoms with Crippen molar-refractivity contribution in [2.45, 2.75) is 58.3 Å². The Morgan fingerprint density at radius 3 is 2.33 bits per heavy atom. The lowest BCUT2D eigenvalue weighted by Crippen LogP contribution is -2.38. The highest BCUT2D eigenvalue weighted by molar-refractivity contribution is 5.78. The predicted molar refractivity (Wildman–Crippen MR) is 75.1 cm³/mol. The highest BCUT2D eigenvalue weighted by Gasteiger charge is 2.37. The van der Waals surface area contributed by atoms with Crippen molar-refractivity contribution in [2.24, 2.45) is 17.8 Å². The van der Waals surface area contributed by atoms with Crippen molar-refractivity contribution in [1.29, 1.82) is 0 Å². The van der Waals surface area contributed by atoms with Gasteiger partial charge in [-0.15, -0.1) is 0 Å². The third-order valence-electron chi connectivity index (χ3n) is 3.92. The van der Waals surface area contributed by atoms with Gasteiger partial charge >= 0.3 is 5.97 Å². The summed E-state index contributed by atoms with van der Waals surface area (Å²) in [7, 11) is 0. The predicted octanol–water partition coefficient (Wildman–Crippen LogP) is 3.07. The molecule has 0 unspecified atom stereocenters. The van der Waals surface area contributed by atoms with Gasteiger partial charge in [0.25, 0.3) is 0 Å². The fraction of sp³-hybridized carbons (Fsp3) is 0.867. The van der Waals surface area contributed by atoms with Crippen LogP contribution in [0.2, 0.25) is 0 Å². The maximum absolute atomic E-state index is 13.0. The molecule has 0 bridgehead atoms. The summed E-state index contributed by atoms with van der Waals surface area (Å²) in [5.74, 6) is -3.87. The molecule has 1 atom stereocenters. The summed E-state index contributed by atoms with van der Waals surface area (Å²) in [4.78, 5) is 22.8. The van der Waals surface area contributed by atoms with Gasteiger partial charge in [-0.1, -0.05) is 13.8 Å². The SMILES string of the molecule is CC(C)C[C@H](CNC(=O)C1CCC(F)(F)CC1)CC(=O)O. The van der Waals surface area contributed by atoms with Crippen LogP contribution in [0.1, 0.15) is 52.4 Å². The first-order chi connectivity index (χ1) is 9.69. The van der Waals surface area contributed by atoms with Crippen LogP contribution < -0.4 is 5.32 Å². The zero-order chi connectivity index (χ0) is 16.0. The number of carbonyl (C=O) groups is 2. The number of nitrogens with one attached hydrogen (secondary N) is 1. The van der Waals surface area contributed by atoms with E-state index in [4.69, 9.17) is 5.11 Å². The Bertz CT molecular complexity index is 362. The third kappa shape index (κ3) is 6.87. The number of alkyl halides is 2. The maximum atomic E-state index is 13.0. The lowest BCUT2D eigenvalue weighted by atomic mass is 9.86. The number of hydrogen-bond donors (Lipinski definition) is 2. The van der Waals surface area contributed by atoms with Crippen molar-refractivity contribution < 1.29 is 23.5 Å². The standard InChI is InChI=1S/C15H25F2NO3/c1-10(2)7-11(8-13(19)20)9-18-14(21)12-3-5-15(16,17)6-4-12/h10-12H,3-9H2,1-2H3,(H,18,21)(H,19,20)/t11-/m0/s1. The highest BCUT2D eigenvalue weighted by atomic mass is 19.3. The Morgan fingerprint density at radius 1 is 1.29 bits per heavy atom. The van der Waals surface area contributed by atoms with Crippen LogP contribution in [0.25, 0.3) is 0 Å². The van der Waals surface area contributed by atoms with Gasteiger partial charge in [0.05, 0.1) is 0 Å². The summed E-state index contributed by atoms with van der Waals surface area (Å²) in [5.41, 5.74) is 0. The van der Waals surface area contributed by atoms with E-state index in [1.165, 1.54) is 0 Å². The van der Waals surface area contributed by atoms with E-state index >= 15 is 0 Å². The molecule has 1 aliphatic carbocycles. The third-order valence-corrected chi connectivity index (χ3v) is 3.92. The smallest absolute Gasteiger partial charge is 0.303 e. The molecule has 122 valence electrons. The second-order valence-electron chi connectivity index (χ2n) is 6.47. The Kier molecular flexibility index (Phi) is 6.55. The molecule has 1 saturated carbocycles. The molecule has 2 N–H and O–H groups in total. The maximum Gasteiger partial charge on any atom is 0.303 e. The number of carbonyl (C=O) groups excluding carboxylic acids is 1. The first-order valence-corrected chi connectivity index (χ1v) is 7.57. The number of aliphatic carboxylic acids is 1. The molecule has 4 nitrogen and oxygen atoms in total. The Morgan fingerprint density at radius 2 is 1.86 bits per heavy atom. The van der Waals surface area contributed by atoms with Gasteiger partial charge in [-0.3, -0.25) is 9.59 Å². The van der Waals surface area contributed by atoms with E-state index in [2.05, 4.69) is 5.32 Å². The molecule has 1 amide bonds. The van der Waals surface area contributed by atoms with E-state index in [1.54, 1.807) is 0 Å². The molecule has 0 aromatic rings. The van der Waals surface area contributed by atoms with Crippen LogP contribution in [0.5, 0.6) is 0 Å². The minimum atomic E-state index is -2.64. The van der Waals surface area contributed by atoms with Crippen LogP contribution >= 0.6 is 0 Å². The summed E-state index contributed by atoms with van der Waals surface area (Å²) in [6, 6.07) is 0. The number of amides is 1. The number of rotatable bonds is 7. The molecule has 0 spiro atoms. The van der Waals surface area contributed by atoms with E-state index in [1.807, 2.05) is 13.8 Å². The van der Waals surface area contributed by atoms with Crippen molar-refractivity contribution in [3.8, 4) is 0 Å². The molecule has 0 aliphatic heterocycles. The molecule has 6 heteroatoms. The molecule has 0 saturated heterocycles. The summed E-state index contributed by atoms with van der Waals surface area (Å²) >= 11 is 0. The number of halogens is 2. The number of carboxylic acid groups (broad SMARTS) is 1. The molecule has 0 aromatic heterocycles. The molecule has 1 rings (SSSR count). The lowest BCUT2D eigenvalue weighted by molar-refractivity contribution is -0.138. The first-order valence-electron chi connectivity index (χ1n) is 7.57. The van der Waals surface area contributed by atoms with Gasteiger partial charge in [-0.25, -0.2) is 8.78 Å². The Labute approximate surface area is 124 Å². The van der Waals surface area contributed by atoms with Crippen LogP contribution in [0, 0.1) is 17.8 Å². The molecule has 1 aliphatic rings. The average molecular weight is 305 g/mol. The molecule has 0 radical (unpaired) electrons. The molecular weight excluding hydrogens is 280 g/mol. The van der Waals surface area contributed by atoms with Crippen LogP contribution in [-0.4, -0.2) is 29.5 Å². The van der Waals surface area contributed by atoms with E-state index in [9.17, 15) is 18.4 Å². The van der Waals surface area contributed by atoms with Crippen molar-refractivity contribution >= 4 is 11.9 Å². The first kappa shape index (κ1) is 17.9. The Hall–Kier alpha value is -1.20. The van der Waals surface area contributed by atoms with Crippen LogP contribution in [0.4, 0.5) is 8.78 Å². The van der Waals surface area contributed by atoms with Crippen molar-refractivity contribution in [2.75, 3.05) is 6.54 Å². The van der Waals surface area contributed by atoms with E-state index < -0.39 is 11.9 Å². The lowest BCUT2D eigenvalue weighted by Gasteiger charge is -2.28. The average Bonchev–Trinajstić information content (AvgIpc) is 2.34. The summed E-state index contributed by atoms with van der Waals surface area (Å²) in [6.07, 6.45) is 0.654. The zero-order valence-electron chi connectivity index (χ0n) is 12.7. The minimum absolute atomic E-state index is 0.0151. The summed E-state index contributed by atoms with van der Waals surface area (Å²) < 4.78 is 26.1.